The fourth-order valence-electron chi connectivity index (χ4n) is 4.09. The van der Waals surface area contributed by atoms with E-state index in [0.29, 0.717) is 23.2 Å². The predicted molar refractivity (Wildman–Crippen MR) is 115 cm³/mol. The summed E-state index contributed by atoms with van der Waals surface area (Å²) in [6.07, 6.45) is 1.62. The number of rotatable bonds is 6. The molecule has 1 saturated heterocycles. The number of hydrogen-bond donors (Lipinski definition) is 0. The molecule has 0 bridgehead atoms. The maximum atomic E-state index is 5.64. The summed E-state index contributed by atoms with van der Waals surface area (Å²) in [7, 11) is 0. The minimum Gasteiger partial charge on any atom is -0.488 e. The molecular formula is C24H25N3O3. The summed E-state index contributed by atoms with van der Waals surface area (Å²) in [5, 5.41) is 6.57. The minimum absolute atomic E-state index is 0.0676. The van der Waals surface area contributed by atoms with Crippen LogP contribution in [0, 0.1) is 5.92 Å². The van der Waals surface area contributed by atoms with Gasteiger partial charge in [0.15, 0.2) is 11.5 Å². The quantitative estimate of drug-likeness (QED) is 0.430. The molecule has 30 heavy (non-hydrogen) atoms. The van der Waals surface area contributed by atoms with E-state index in [0.717, 1.165) is 36.5 Å². The fraction of sp³-hybridized carbons (Fsp3) is 0.333. The van der Waals surface area contributed by atoms with Crippen LogP contribution in [0.15, 0.2) is 57.7 Å². The van der Waals surface area contributed by atoms with E-state index in [1.807, 2.05) is 19.9 Å². The van der Waals surface area contributed by atoms with E-state index in [2.05, 4.69) is 52.3 Å². The number of ether oxygens (including phenoxy) is 1. The van der Waals surface area contributed by atoms with Crippen molar-refractivity contribution in [2.75, 3.05) is 13.1 Å². The van der Waals surface area contributed by atoms with E-state index in [4.69, 9.17) is 13.7 Å². The first-order valence-corrected chi connectivity index (χ1v) is 10.4. The van der Waals surface area contributed by atoms with Crippen LogP contribution in [0.25, 0.3) is 33.8 Å². The second-order valence-electron chi connectivity index (χ2n) is 8.35. The summed E-state index contributed by atoms with van der Waals surface area (Å²) in [4.78, 5) is 7.06. The third-order valence-corrected chi connectivity index (χ3v) is 5.37. The number of nitrogens with zero attached hydrogens (tertiary/aromatic N) is 3. The molecule has 3 heterocycles. The molecule has 5 rings (SSSR count). The highest BCUT2D eigenvalue weighted by atomic mass is 16.5. The third-order valence-electron chi connectivity index (χ3n) is 5.37. The number of hydrogen-bond acceptors (Lipinski definition) is 6. The molecule has 2 aromatic heterocycles. The molecule has 0 atom stereocenters. The van der Waals surface area contributed by atoms with Crippen molar-refractivity contribution < 1.29 is 13.7 Å². The average Bonchev–Trinajstić information content (AvgIpc) is 3.36. The van der Waals surface area contributed by atoms with Crippen LogP contribution in [0.4, 0.5) is 0 Å². The number of benzene rings is 2. The van der Waals surface area contributed by atoms with E-state index in [9.17, 15) is 0 Å². The Kier molecular flexibility index (Phi) is 4.79. The van der Waals surface area contributed by atoms with Gasteiger partial charge in [-0.3, -0.25) is 4.90 Å². The topological polar surface area (TPSA) is 64.5 Å². The summed E-state index contributed by atoms with van der Waals surface area (Å²) >= 11 is 0. The van der Waals surface area contributed by atoms with Gasteiger partial charge in [-0.1, -0.05) is 48.5 Å². The van der Waals surface area contributed by atoms with Crippen molar-refractivity contribution in [3.63, 3.8) is 0 Å². The van der Waals surface area contributed by atoms with E-state index in [1.165, 1.54) is 10.9 Å². The molecule has 0 amide bonds. The van der Waals surface area contributed by atoms with Gasteiger partial charge in [0.2, 0.25) is 5.82 Å². The van der Waals surface area contributed by atoms with E-state index in [1.54, 1.807) is 12.3 Å². The SMILES string of the molecule is CC1CN(Cc2ccc(-c3noc(-c4cc(OC(C)C)co4)n3)c3ccccc23)C1. The molecule has 1 fully saturated rings. The summed E-state index contributed by atoms with van der Waals surface area (Å²) in [6.45, 7) is 9.52. The van der Waals surface area contributed by atoms with Gasteiger partial charge >= 0.3 is 0 Å². The standard InChI is InChI=1S/C24H25N3O3/c1-15(2)29-18-10-22(28-14-18)24-25-23(26-30-24)21-9-8-17(13-27-11-16(3)12-27)19-6-4-5-7-20(19)21/h4-10,14-16H,11-13H2,1-3H3. The predicted octanol–water partition coefficient (Wildman–Crippen LogP) is 5.39. The molecule has 0 N–H and O–H groups in total. The summed E-state index contributed by atoms with van der Waals surface area (Å²) in [5.41, 5.74) is 2.28. The van der Waals surface area contributed by atoms with Crippen LogP contribution in [-0.2, 0) is 6.54 Å². The van der Waals surface area contributed by atoms with Crippen molar-refractivity contribution in [1.82, 2.24) is 15.0 Å². The second kappa shape index (κ2) is 7.61. The second-order valence-corrected chi connectivity index (χ2v) is 8.35. The number of likely N-dealkylation sites (tertiary alicyclic amines) is 1. The molecule has 154 valence electrons. The first-order chi connectivity index (χ1) is 14.6. The highest BCUT2D eigenvalue weighted by Gasteiger charge is 2.23. The Hall–Kier alpha value is -3.12. The summed E-state index contributed by atoms with van der Waals surface area (Å²) < 4.78 is 16.7. The van der Waals surface area contributed by atoms with Crippen LogP contribution in [-0.4, -0.2) is 34.2 Å². The monoisotopic (exact) mass is 403 g/mol. The van der Waals surface area contributed by atoms with Crippen LogP contribution < -0.4 is 4.74 Å². The molecule has 6 nitrogen and oxygen atoms in total. The van der Waals surface area contributed by atoms with Crippen molar-refractivity contribution in [3.05, 3.63) is 54.3 Å². The zero-order valence-corrected chi connectivity index (χ0v) is 17.5. The molecule has 6 heteroatoms. The average molecular weight is 403 g/mol. The lowest BCUT2D eigenvalue weighted by Gasteiger charge is -2.37. The van der Waals surface area contributed by atoms with Crippen molar-refractivity contribution in [2.24, 2.45) is 5.92 Å². The van der Waals surface area contributed by atoms with Crippen molar-refractivity contribution >= 4 is 10.8 Å². The van der Waals surface area contributed by atoms with E-state index >= 15 is 0 Å². The highest BCUT2D eigenvalue weighted by molar-refractivity contribution is 5.97. The van der Waals surface area contributed by atoms with Crippen molar-refractivity contribution in [1.29, 1.82) is 0 Å². The summed E-state index contributed by atoms with van der Waals surface area (Å²) in [5.74, 6) is 2.83. The zero-order valence-electron chi connectivity index (χ0n) is 17.5. The molecule has 0 radical (unpaired) electrons. The zero-order chi connectivity index (χ0) is 20.7. The number of aromatic nitrogens is 2. The largest absolute Gasteiger partial charge is 0.488 e. The van der Waals surface area contributed by atoms with Gasteiger partial charge in [-0.15, -0.1) is 0 Å². The van der Waals surface area contributed by atoms with Gasteiger partial charge in [-0.05, 0) is 36.1 Å². The lowest BCUT2D eigenvalue weighted by molar-refractivity contribution is 0.105. The first kappa shape index (κ1) is 18.9. The Morgan fingerprint density at radius 2 is 1.93 bits per heavy atom. The Morgan fingerprint density at radius 1 is 1.13 bits per heavy atom. The molecule has 0 saturated carbocycles. The Labute approximate surface area is 175 Å². The van der Waals surface area contributed by atoms with Crippen LogP contribution in [0.2, 0.25) is 0 Å². The van der Waals surface area contributed by atoms with Crippen LogP contribution in [0.1, 0.15) is 26.3 Å². The fourth-order valence-corrected chi connectivity index (χ4v) is 4.09. The van der Waals surface area contributed by atoms with Gasteiger partial charge in [-0.25, -0.2) is 0 Å². The Bertz CT molecular complexity index is 1170. The van der Waals surface area contributed by atoms with Crippen molar-refractivity contribution in [2.45, 2.75) is 33.4 Å². The van der Waals surface area contributed by atoms with Gasteiger partial charge in [0.25, 0.3) is 5.89 Å². The molecule has 0 unspecified atom stereocenters. The number of fused-ring (bicyclic) bond motifs is 1. The smallest absolute Gasteiger partial charge is 0.294 e. The molecule has 1 aliphatic rings. The van der Waals surface area contributed by atoms with Crippen LogP contribution >= 0.6 is 0 Å². The third kappa shape index (κ3) is 3.59. The van der Waals surface area contributed by atoms with Crippen molar-refractivity contribution in [3.8, 4) is 28.8 Å². The number of furan rings is 1. The molecule has 1 aliphatic heterocycles. The van der Waals surface area contributed by atoms with E-state index < -0.39 is 0 Å². The normalized spacial score (nSPS) is 15.1. The molecule has 0 spiro atoms. The Morgan fingerprint density at radius 3 is 2.70 bits per heavy atom. The lowest BCUT2D eigenvalue weighted by Crippen LogP contribution is -2.44. The van der Waals surface area contributed by atoms with Crippen LogP contribution in [0.3, 0.4) is 0 Å². The van der Waals surface area contributed by atoms with Gasteiger partial charge in [-0.2, -0.15) is 4.98 Å². The van der Waals surface area contributed by atoms with Gasteiger partial charge in [0.1, 0.15) is 6.26 Å². The van der Waals surface area contributed by atoms with Gasteiger partial charge < -0.3 is 13.7 Å². The van der Waals surface area contributed by atoms with E-state index in [-0.39, 0.29) is 6.10 Å². The molecular weight excluding hydrogens is 378 g/mol. The van der Waals surface area contributed by atoms with Gasteiger partial charge in [0.05, 0.1) is 6.10 Å². The maximum absolute atomic E-state index is 5.64. The minimum atomic E-state index is 0.0676. The lowest BCUT2D eigenvalue weighted by atomic mass is 9.96. The molecule has 2 aromatic carbocycles. The van der Waals surface area contributed by atoms with Crippen LogP contribution in [0.5, 0.6) is 5.75 Å². The highest BCUT2D eigenvalue weighted by Crippen LogP contribution is 2.33. The Balaban J connectivity index is 1.46. The summed E-state index contributed by atoms with van der Waals surface area (Å²) in [6, 6.07) is 14.4. The molecule has 4 aromatic rings. The van der Waals surface area contributed by atoms with Gasteiger partial charge in [0, 0.05) is 31.3 Å². The molecule has 0 aliphatic carbocycles. The first-order valence-electron chi connectivity index (χ1n) is 10.4. The maximum Gasteiger partial charge on any atom is 0.294 e.